The van der Waals surface area contributed by atoms with Crippen LogP contribution < -0.4 is 10.7 Å². The summed E-state index contributed by atoms with van der Waals surface area (Å²) < 4.78 is 0. The van der Waals surface area contributed by atoms with E-state index in [1.54, 1.807) is 6.21 Å². The first-order chi connectivity index (χ1) is 10.2. The molecule has 2 amide bonds. The first kappa shape index (κ1) is 15.3. The predicted octanol–water partition coefficient (Wildman–Crippen LogP) is 3.71. The van der Waals surface area contributed by atoms with Gasteiger partial charge in [-0.25, -0.2) is 10.2 Å². The van der Waals surface area contributed by atoms with Gasteiger partial charge in [0.1, 0.15) is 0 Å². The number of amides is 2. The maximum atomic E-state index is 11.7. The molecule has 0 radical (unpaired) electrons. The largest absolute Gasteiger partial charge is 0.335 e. The Morgan fingerprint density at radius 2 is 1.90 bits per heavy atom. The summed E-state index contributed by atoms with van der Waals surface area (Å²) in [6.45, 7) is 1.96. The number of carbonyl (C=O) groups excluding carboxylic acids is 1. The summed E-state index contributed by atoms with van der Waals surface area (Å²) in [5.74, 6) is 0. The maximum absolute atomic E-state index is 11.7. The Hall–Kier alpha value is -2.10. The van der Waals surface area contributed by atoms with E-state index in [2.05, 4.69) is 15.8 Å². The van der Waals surface area contributed by atoms with Gasteiger partial charge < -0.3 is 5.32 Å². The normalized spacial score (nSPS) is 16.9. The van der Waals surface area contributed by atoms with Gasteiger partial charge in [-0.3, -0.25) is 0 Å². The number of hydrogen-bond donors (Lipinski definition) is 2. The van der Waals surface area contributed by atoms with Crippen LogP contribution in [-0.4, -0.2) is 18.3 Å². The quantitative estimate of drug-likeness (QED) is 0.643. The van der Waals surface area contributed by atoms with Crippen LogP contribution in [0.2, 0.25) is 0 Å². The van der Waals surface area contributed by atoms with E-state index >= 15 is 0 Å². The second-order valence-corrected chi connectivity index (χ2v) is 5.48. The molecule has 0 bridgehead atoms. The van der Waals surface area contributed by atoms with E-state index in [-0.39, 0.29) is 6.03 Å². The predicted molar refractivity (Wildman–Crippen MR) is 87.1 cm³/mol. The zero-order valence-electron chi connectivity index (χ0n) is 12.5. The van der Waals surface area contributed by atoms with Crippen LogP contribution in [0.25, 0.3) is 6.08 Å². The highest BCUT2D eigenvalue weighted by molar-refractivity contribution is 5.85. The fourth-order valence-electron chi connectivity index (χ4n) is 2.51. The summed E-state index contributed by atoms with van der Waals surface area (Å²) in [5, 5.41) is 6.94. The molecule has 0 aliphatic heterocycles. The molecule has 4 heteroatoms. The molecule has 0 saturated heterocycles. The molecule has 0 heterocycles. The number of urea groups is 1. The van der Waals surface area contributed by atoms with Crippen LogP contribution in [0.5, 0.6) is 0 Å². The second-order valence-electron chi connectivity index (χ2n) is 5.48. The van der Waals surface area contributed by atoms with Crippen LogP contribution in [-0.2, 0) is 0 Å². The molecule has 112 valence electrons. The molecule has 21 heavy (non-hydrogen) atoms. The molecule has 0 atom stereocenters. The van der Waals surface area contributed by atoms with Crippen LogP contribution in [0.4, 0.5) is 4.79 Å². The van der Waals surface area contributed by atoms with Crippen LogP contribution in [0.1, 0.15) is 44.6 Å². The van der Waals surface area contributed by atoms with Gasteiger partial charge in [-0.15, -0.1) is 0 Å². The number of hydrogen-bond acceptors (Lipinski definition) is 2. The van der Waals surface area contributed by atoms with Gasteiger partial charge in [0.25, 0.3) is 0 Å². The minimum atomic E-state index is -0.217. The summed E-state index contributed by atoms with van der Waals surface area (Å²) in [7, 11) is 0. The SMILES string of the molecule is C/C(C=NNC(=O)NC1CCCCC1)=C\c1ccccc1. The van der Waals surface area contributed by atoms with Crippen molar-refractivity contribution in [2.45, 2.75) is 45.1 Å². The number of nitrogens with zero attached hydrogens (tertiary/aromatic N) is 1. The summed E-state index contributed by atoms with van der Waals surface area (Å²) in [5.41, 5.74) is 4.63. The number of hydrazone groups is 1. The molecular weight excluding hydrogens is 262 g/mol. The Morgan fingerprint density at radius 1 is 1.19 bits per heavy atom. The van der Waals surface area contributed by atoms with Crippen molar-refractivity contribution in [1.29, 1.82) is 0 Å². The standard InChI is InChI=1S/C17H23N3O/c1-14(12-15-8-4-2-5-9-15)13-18-20-17(21)19-16-10-6-3-7-11-16/h2,4-5,8-9,12-13,16H,3,6-7,10-11H2,1H3,(H2,19,20,21)/b14-12+,18-13?. The molecule has 1 aromatic rings. The van der Waals surface area contributed by atoms with Crippen molar-refractivity contribution >= 4 is 18.3 Å². The summed E-state index contributed by atoms with van der Waals surface area (Å²) in [6.07, 6.45) is 9.51. The lowest BCUT2D eigenvalue weighted by Crippen LogP contribution is -2.41. The van der Waals surface area contributed by atoms with Crippen LogP contribution >= 0.6 is 0 Å². The van der Waals surface area contributed by atoms with Gasteiger partial charge in [-0.05, 0) is 30.9 Å². The monoisotopic (exact) mass is 285 g/mol. The first-order valence-corrected chi connectivity index (χ1v) is 7.57. The third kappa shape index (κ3) is 5.81. The summed E-state index contributed by atoms with van der Waals surface area (Å²) in [6, 6.07) is 10.1. The van der Waals surface area contributed by atoms with E-state index in [0.29, 0.717) is 6.04 Å². The molecule has 1 saturated carbocycles. The second kappa shape index (κ2) is 8.25. The van der Waals surface area contributed by atoms with Gasteiger partial charge in [-0.1, -0.05) is 55.7 Å². The molecule has 0 unspecified atom stereocenters. The van der Waals surface area contributed by atoms with E-state index in [4.69, 9.17) is 0 Å². The highest BCUT2D eigenvalue weighted by atomic mass is 16.2. The number of nitrogens with one attached hydrogen (secondary N) is 2. The molecular formula is C17H23N3O. The third-order valence-electron chi connectivity index (χ3n) is 3.57. The minimum Gasteiger partial charge on any atom is -0.334 e. The van der Waals surface area contributed by atoms with Crippen LogP contribution in [0.15, 0.2) is 41.0 Å². The topological polar surface area (TPSA) is 53.5 Å². The van der Waals surface area contributed by atoms with Crippen LogP contribution in [0, 0.1) is 0 Å². The number of allylic oxidation sites excluding steroid dienone is 1. The van der Waals surface area contributed by atoms with Crippen molar-refractivity contribution in [3.05, 3.63) is 41.5 Å². The van der Waals surface area contributed by atoms with Gasteiger partial charge >= 0.3 is 6.03 Å². The first-order valence-electron chi connectivity index (χ1n) is 7.57. The maximum Gasteiger partial charge on any atom is 0.335 e. The number of benzene rings is 1. The summed E-state index contributed by atoms with van der Waals surface area (Å²) >= 11 is 0. The van der Waals surface area contributed by atoms with Crippen molar-refractivity contribution < 1.29 is 4.79 Å². The Labute approximate surface area is 126 Å². The Bertz CT molecular complexity index is 502. The molecule has 1 aliphatic rings. The minimum absolute atomic E-state index is 0.217. The number of rotatable bonds is 4. The van der Waals surface area contributed by atoms with E-state index < -0.39 is 0 Å². The van der Waals surface area contributed by atoms with Crippen molar-refractivity contribution in [3.63, 3.8) is 0 Å². The zero-order chi connectivity index (χ0) is 14.9. The van der Waals surface area contributed by atoms with Crippen molar-refractivity contribution in [1.82, 2.24) is 10.7 Å². The lowest BCUT2D eigenvalue weighted by atomic mass is 9.96. The molecule has 0 aromatic heterocycles. The molecule has 1 fully saturated rings. The third-order valence-corrected chi connectivity index (χ3v) is 3.57. The smallest absolute Gasteiger partial charge is 0.334 e. The number of carbonyl (C=O) groups is 1. The van der Waals surface area contributed by atoms with E-state index in [0.717, 1.165) is 24.0 Å². The van der Waals surface area contributed by atoms with E-state index in [1.807, 2.05) is 43.3 Å². The fraction of sp³-hybridized carbons (Fsp3) is 0.412. The zero-order valence-corrected chi connectivity index (χ0v) is 12.5. The van der Waals surface area contributed by atoms with Gasteiger partial charge in [0.05, 0.1) is 6.21 Å². The Kier molecular flexibility index (Phi) is 6.00. The van der Waals surface area contributed by atoms with Crippen molar-refractivity contribution in [3.8, 4) is 0 Å². The molecule has 1 aliphatic carbocycles. The van der Waals surface area contributed by atoms with Crippen LogP contribution in [0.3, 0.4) is 0 Å². The van der Waals surface area contributed by atoms with Crippen molar-refractivity contribution in [2.24, 2.45) is 5.10 Å². The molecule has 2 rings (SSSR count). The molecule has 4 nitrogen and oxygen atoms in total. The Balaban J connectivity index is 1.76. The Morgan fingerprint density at radius 3 is 2.62 bits per heavy atom. The van der Waals surface area contributed by atoms with Gasteiger partial charge in [0, 0.05) is 6.04 Å². The lowest BCUT2D eigenvalue weighted by Gasteiger charge is -2.22. The van der Waals surface area contributed by atoms with Gasteiger partial charge in [-0.2, -0.15) is 5.10 Å². The van der Waals surface area contributed by atoms with E-state index in [1.165, 1.54) is 19.3 Å². The molecule has 1 aromatic carbocycles. The van der Waals surface area contributed by atoms with Gasteiger partial charge in [0.15, 0.2) is 0 Å². The van der Waals surface area contributed by atoms with Gasteiger partial charge in [0.2, 0.25) is 0 Å². The van der Waals surface area contributed by atoms with Crippen molar-refractivity contribution in [2.75, 3.05) is 0 Å². The van der Waals surface area contributed by atoms with E-state index in [9.17, 15) is 4.79 Å². The highest BCUT2D eigenvalue weighted by Gasteiger charge is 2.14. The summed E-state index contributed by atoms with van der Waals surface area (Å²) in [4.78, 5) is 11.7. The fourth-order valence-corrected chi connectivity index (χ4v) is 2.51. The lowest BCUT2D eigenvalue weighted by molar-refractivity contribution is 0.233. The molecule has 2 N–H and O–H groups in total. The average molecular weight is 285 g/mol. The molecule has 0 spiro atoms. The average Bonchev–Trinajstić information content (AvgIpc) is 2.49. The highest BCUT2D eigenvalue weighted by Crippen LogP contribution is 2.17.